The van der Waals surface area contributed by atoms with Gasteiger partial charge in [0.25, 0.3) is 0 Å². The first-order chi connectivity index (χ1) is 11.1. The number of amides is 1. The van der Waals surface area contributed by atoms with Crippen LogP contribution in [-0.2, 0) is 17.4 Å². The molecular formula is C16H25N3O3S2. The Balaban J connectivity index is 1.88. The predicted molar refractivity (Wildman–Crippen MR) is 95.6 cm³/mol. The lowest BCUT2D eigenvalue weighted by Crippen LogP contribution is -2.48. The highest BCUT2D eigenvalue weighted by atomic mass is 32.2. The zero-order valence-electron chi connectivity index (χ0n) is 14.6. The number of nitrogens with zero attached hydrogens (tertiary/aromatic N) is 2. The zero-order chi connectivity index (χ0) is 17.7. The summed E-state index contributed by atoms with van der Waals surface area (Å²) in [6, 6.07) is -0.00490. The lowest BCUT2D eigenvalue weighted by molar-refractivity contribution is 0.0769. The number of carboxylic acid groups (broad SMARTS) is 1. The number of carbonyl (C=O) groups is 1. The lowest BCUT2D eigenvalue weighted by Gasteiger charge is -2.42. The quantitative estimate of drug-likeness (QED) is 0.837. The van der Waals surface area contributed by atoms with Crippen LogP contribution in [0.5, 0.6) is 0 Å². The van der Waals surface area contributed by atoms with Crippen LogP contribution in [-0.4, -0.2) is 43.1 Å². The van der Waals surface area contributed by atoms with Crippen molar-refractivity contribution in [3.8, 4) is 0 Å². The molecule has 0 bridgehead atoms. The molecule has 1 aliphatic heterocycles. The highest BCUT2D eigenvalue weighted by Crippen LogP contribution is 2.53. The predicted octanol–water partition coefficient (Wildman–Crippen LogP) is 2.86. The Morgan fingerprint density at radius 1 is 1.42 bits per heavy atom. The van der Waals surface area contributed by atoms with Crippen molar-refractivity contribution in [1.29, 1.82) is 0 Å². The van der Waals surface area contributed by atoms with E-state index in [1.807, 2.05) is 27.7 Å². The van der Waals surface area contributed by atoms with Gasteiger partial charge in [-0.05, 0) is 47.0 Å². The third-order valence-corrected chi connectivity index (χ3v) is 7.68. The second-order valence-corrected chi connectivity index (χ2v) is 11.0. The van der Waals surface area contributed by atoms with Gasteiger partial charge in [0.2, 0.25) is 0 Å². The molecule has 1 spiro atoms. The van der Waals surface area contributed by atoms with Crippen LogP contribution < -0.4 is 4.72 Å². The van der Waals surface area contributed by atoms with Gasteiger partial charge in [0, 0.05) is 23.4 Å². The van der Waals surface area contributed by atoms with Gasteiger partial charge in [0.15, 0.2) is 0 Å². The molecule has 1 aromatic rings. The van der Waals surface area contributed by atoms with Gasteiger partial charge in [-0.15, -0.1) is 11.3 Å². The van der Waals surface area contributed by atoms with E-state index in [0.29, 0.717) is 13.1 Å². The minimum absolute atomic E-state index is 0.00490. The van der Waals surface area contributed by atoms with Gasteiger partial charge in [-0.2, -0.15) is 0 Å². The molecule has 1 aromatic heterocycles. The Bertz CT molecular complexity index is 673. The fourth-order valence-electron chi connectivity index (χ4n) is 3.62. The minimum atomic E-state index is -1.17. The van der Waals surface area contributed by atoms with Crippen molar-refractivity contribution in [3.63, 3.8) is 0 Å². The summed E-state index contributed by atoms with van der Waals surface area (Å²) in [6.07, 6.45) is 1.55. The SMILES string of the molecule is Cc1nc2c(s1)[C@H](NS(=O)C(C)(C)C)C1(CCN(C(=O)O)CC1)C2. The summed E-state index contributed by atoms with van der Waals surface area (Å²) in [6.45, 7) is 8.95. The van der Waals surface area contributed by atoms with Gasteiger partial charge in [0.05, 0.1) is 32.5 Å². The minimum Gasteiger partial charge on any atom is -0.465 e. The van der Waals surface area contributed by atoms with Crippen molar-refractivity contribution in [2.75, 3.05) is 13.1 Å². The molecule has 2 atom stereocenters. The summed E-state index contributed by atoms with van der Waals surface area (Å²) in [7, 11) is -1.17. The van der Waals surface area contributed by atoms with Gasteiger partial charge in [-0.25, -0.2) is 18.7 Å². The van der Waals surface area contributed by atoms with E-state index in [9.17, 15) is 14.1 Å². The molecule has 1 aliphatic carbocycles. The number of aromatic nitrogens is 1. The number of hydrogen-bond donors (Lipinski definition) is 2. The van der Waals surface area contributed by atoms with E-state index < -0.39 is 17.1 Å². The van der Waals surface area contributed by atoms with E-state index in [-0.39, 0.29) is 16.2 Å². The van der Waals surface area contributed by atoms with Crippen LogP contribution in [0.3, 0.4) is 0 Å². The Morgan fingerprint density at radius 3 is 2.58 bits per heavy atom. The summed E-state index contributed by atoms with van der Waals surface area (Å²) < 4.78 is 15.7. The highest BCUT2D eigenvalue weighted by Gasteiger charge is 2.51. The summed E-state index contributed by atoms with van der Waals surface area (Å²) in [5, 5.41) is 10.2. The third-order valence-electron chi connectivity index (χ3n) is 5.04. The van der Waals surface area contributed by atoms with Crippen molar-refractivity contribution in [2.24, 2.45) is 5.41 Å². The third kappa shape index (κ3) is 3.11. The molecule has 6 nitrogen and oxygen atoms in total. The molecule has 1 unspecified atom stereocenters. The summed E-state index contributed by atoms with van der Waals surface area (Å²) in [4.78, 5) is 18.5. The van der Waals surface area contributed by atoms with Crippen molar-refractivity contribution in [3.05, 3.63) is 15.6 Å². The molecule has 24 heavy (non-hydrogen) atoms. The second-order valence-electron chi connectivity index (χ2n) is 7.78. The number of aryl methyl sites for hydroxylation is 1. The molecule has 2 N–H and O–H groups in total. The second kappa shape index (κ2) is 6.07. The molecule has 0 saturated carbocycles. The largest absolute Gasteiger partial charge is 0.465 e. The van der Waals surface area contributed by atoms with E-state index in [4.69, 9.17) is 0 Å². The van der Waals surface area contributed by atoms with Crippen LogP contribution in [0.25, 0.3) is 0 Å². The van der Waals surface area contributed by atoms with E-state index in [2.05, 4.69) is 9.71 Å². The Hall–Kier alpha value is -0.990. The fourth-order valence-corrected chi connectivity index (χ4v) is 5.77. The number of nitrogens with one attached hydrogen (secondary N) is 1. The molecule has 0 radical (unpaired) electrons. The van der Waals surface area contributed by atoms with Crippen LogP contribution in [0.2, 0.25) is 0 Å². The smallest absolute Gasteiger partial charge is 0.407 e. The number of rotatable bonds is 2. The van der Waals surface area contributed by atoms with E-state index in [0.717, 1.165) is 30.0 Å². The molecule has 8 heteroatoms. The maximum absolute atomic E-state index is 12.7. The molecule has 1 saturated heterocycles. The number of hydrogen-bond acceptors (Lipinski definition) is 4. The average molecular weight is 372 g/mol. The number of likely N-dealkylation sites (tertiary alicyclic amines) is 1. The topological polar surface area (TPSA) is 82.5 Å². The summed E-state index contributed by atoms with van der Waals surface area (Å²) >= 11 is 1.67. The van der Waals surface area contributed by atoms with Crippen LogP contribution in [0.15, 0.2) is 0 Å². The Labute approximate surface area is 149 Å². The first kappa shape index (κ1) is 17.8. The Kier molecular flexibility index (Phi) is 4.51. The summed E-state index contributed by atoms with van der Waals surface area (Å²) in [5.74, 6) is 0. The maximum atomic E-state index is 12.7. The van der Waals surface area contributed by atoms with Gasteiger partial charge < -0.3 is 10.0 Å². The normalized spacial score (nSPS) is 24.2. The van der Waals surface area contributed by atoms with Gasteiger partial charge in [-0.3, -0.25) is 0 Å². The van der Waals surface area contributed by atoms with Crippen molar-refractivity contribution in [1.82, 2.24) is 14.6 Å². The van der Waals surface area contributed by atoms with Crippen LogP contribution in [0.1, 0.15) is 55.2 Å². The number of piperidine rings is 1. The van der Waals surface area contributed by atoms with E-state index in [1.54, 1.807) is 11.3 Å². The van der Waals surface area contributed by atoms with Crippen LogP contribution in [0, 0.1) is 12.3 Å². The van der Waals surface area contributed by atoms with Gasteiger partial charge in [-0.1, -0.05) is 0 Å². The van der Waals surface area contributed by atoms with E-state index >= 15 is 0 Å². The molecular weight excluding hydrogens is 346 g/mol. The lowest BCUT2D eigenvalue weighted by atomic mass is 9.74. The molecule has 0 aromatic carbocycles. The van der Waals surface area contributed by atoms with Crippen molar-refractivity contribution in [2.45, 2.75) is 57.7 Å². The van der Waals surface area contributed by atoms with Gasteiger partial charge >= 0.3 is 6.09 Å². The molecule has 1 amide bonds. The first-order valence-electron chi connectivity index (χ1n) is 8.24. The summed E-state index contributed by atoms with van der Waals surface area (Å²) in [5.41, 5.74) is 1.03. The molecule has 134 valence electrons. The van der Waals surface area contributed by atoms with Crippen LogP contribution in [0.4, 0.5) is 4.79 Å². The number of thiazole rings is 1. The molecule has 2 aliphatic rings. The molecule has 2 heterocycles. The average Bonchev–Trinajstić information content (AvgIpc) is 2.94. The standard InChI is InChI=1S/C16H25N3O3S2/c1-10-17-11-9-16(5-7-19(8-6-16)14(20)21)13(12(11)23-10)18-24(22)15(2,3)4/h13,18H,5-9H2,1-4H3,(H,20,21)/t13-,24?/m0/s1. The van der Waals surface area contributed by atoms with E-state index in [1.165, 1.54) is 9.78 Å². The Morgan fingerprint density at radius 2 is 2.04 bits per heavy atom. The molecule has 1 fully saturated rings. The molecule has 3 rings (SSSR count). The fraction of sp³-hybridized carbons (Fsp3) is 0.750. The number of fused-ring (bicyclic) bond motifs is 1. The van der Waals surface area contributed by atoms with Gasteiger partial charge in [0.1, 0.15) is 0 Å². The first-order valence-corrected chi connectivity index (χ1v) is 10.2. The maximum Gasteiger partial charge on any atom is 0.407 e. The van der Waals surface area contributed by atoms with Crippen molar-refractivity contribution >= 4 is 28.4 Å². The monoisotopic (exact) mass is 371 g/mol. The zero-order valence-corrected chi connectivity index (χ0v) is 16.2. The highest BCUT2D eigenvalue weighted by molar-refractivity contribution is 7.84. The van der Waals surface area contributed by atoms with Crippen molar-refractivity contribution < 1.29 is 14.1 Å². The van der Waals surface area contributed by atoms with Crippen LogP contribution >= 0.6 is 11.3 Å².